The molecule has 0 aromatic carbocycles. The minimum atomic E-state index is 0. The Labute approximate surface area is 199 Å². The second-order valence-electron chi connectivity index (χ2n) is 0. The molecule has 0 rings (SSSR count). The fourth-order valence-corrected chi connectivity index (χ4v) is 0. The van der Waals surface area contributed by atoms with Gasteiger partial charge in [0, 0.05) is 208 Å². The average Bonchev–Trinajstić information content (AvgIpc) is 0. The third-order valence-electron chi connectivity index (χ3n) is 0. The molecule has 0 saturated carbocycles. The molecule has 0 atom stereocenters. The van der Waals surface area contributed by atoms with Crippen LogP contribution in [0.5, 0.6) is 0 Å². The van der Waals surface area contributed by atoms with Gasteiger partial charge < -0.3 is 0 Å². The van der Waals surface area contributed by atoms with Crippen molar-refractivity contribution in [1.29, 1.82) is 0 Å². The van der Waals surface area contributed by atoms with Gasteiger partial charge in [-0.25, -0.2) is 0 Å². The Morgan fingerprint density at radius 1 is 1.00 bits per heavy atom. The van der Waals surface area contributed by atoms with E-state index in [1.54, 1.807) is 0 Å². The molecule has 0 amide bonds. The zero-order chi connectivity index (χ0) is 0. The summed E-state index contributed by atoms with van der Waals surface area (Å²) in [5.41, 5.74) is 0. The molecule has 0 nitrogen and oxygen atoms in total. The van der Waals surface area contributed by atoms with E-state index in [9.17, 15) is 0 Å². The summed E-state index contributed by atoms with van der Waals surface area (Å²) in [6, 6.07) is 0. The molecule has 4 radical (unpaired) electrons. The monoisotopic (exact) mass is 280 g/mol. The maximum absolute atomic E-state index is 0. The first kappa shape index (κ1) is 22.4. The van der Waals surface area contributed by atoms with Gasteiger partial charge >= 0.3 is 0 Å². The molecule has 0 heterocycles. The van der Waals surface area contributed by atoms with Gasteiger partial charge in [0.15, 0.2) is 0 Å². The first-order valence-corrected chi connectivity index (χ1v) is 0. The van der Waals surface area contributed by atoms with E-state index < -0.39 is 0 Å². The van der Waals surface area contributed by atoms with E-state index in [1.165, 1.54) is 0 Å². The Morgan fingerprint density at radius 2 is 1.00 bits per heavy atom. The first-order chi connectivity index (χ1) is 0. The van der Waals surface area contributed by atoms with Crippen LogP contribution in [0.1, 0.15) is 0 Å². The Hall–Kier alpha value is 6.49. The summed E-state index contributed by atoms with van der Waals surface area (Å²) in [4.78, 5) is 0. The Morgan fingerprint density at radius 3 is 1.00 bits per heavy atom. The SMILES string of the molecule is [Cs].[K].[Na].[Rb]. The second-order valence-corrected chi connectivity index (χ2v) is 0. The van der Waals surface area contributed by atoms with E-state index in [2.05, 4.69) is 0 Å². The molecule has 0 fully saturated rings. The van der Waals surface area contributed by atoms with Crippen molar-refractivity contribution in [3.8, 4) is 0 Å². The van der Waals surface area contributed by atoms with Gasteiger partial charge in [-0.1, -0.05) is 0 Å². The number of hydrogen-bond acceptors (Lipinski definition) is 0. The molecular formula is CsKNaRb. The van der Waals surface area contributed by atoms with Gasteiger partial charge in [0.25, 0.3) is 0 Å². The van der Waals surface area contributed by atoms with Gasteiger partial charge in [-0.3, -0.25) is 0 Å². The van der Waals surface area contributed by atoms with E-state index in [4.69, 9.17) is 0 Å². The summed E-state index contributed by atoms with van der Waals surface area (Å²) < 4.78 is 0. The van der Waals surface area contributed by atoms with Crippen molar-refractivity contribution in [2.24, 2.45) is 0 Å². The summed E-state index contributed by atoms with van der Waals surface area (Å²) >= 11 is 0. The van der Waals surface area contributed by atoms with Crippen molar-refractivity contribution >= 4 is 208 Å². The van der Waals surface area contributed by atoms with Crippen LogP contribution in [0.2, 0.25) is 0 Å². The predicted octanol–water partition coefficient (Wildman–Crippen LogP) is -1.52. The van der Waals surface area contributed by atoms with Crippen LogP contribution in [0.4, 0.5) is 0 Å². The zero-order valence-corrected chi connectivity index (χ0v) is 20.3. The third kappa shape index (κ3) is 11.3. The van der Waals surface area contributed by atoms with Crippen molar-refractivity contribution in [3.05, 3.63) is 0 Å². The summed E-state index contributed by atoms with van der Waals surface area (Å²) in [5.74, 6) is 0. The van der Waals surface area contributed by atoms with Crippen molar-refractivity contribution in [2.45, 2.75) is 0 Å². The minimum Gasteiger partial charge on any atom is 0 e. The molecular weight excluding hydrogens is 280 g/mol. The van der Waals surface area contributed by atoms with Crippen LogP contribution in [0.25, 0.3) is 0 Å². The van der Waals surface area contributed by atoms with Crippen molar-refractivity contribution < 1.29 is 0 Å². The van der Waals surface area contributed by atoms with Crippen LogP contribution in [0, 0.1) is 0 Å². The molecule has 0 aliphatic heterocycles. The number of hydrogen-bond donors (Lipinski definition) is 0. The van der Waals surface area contributed by atoms with Crippen LogP contribution in [0.3, 0.4) is 0 Å². The molecule has 0 N–H and O–H groups in total. The molecule has 0 bridgehead atoms. The molecule has 0 aliphatic rings. The largest absolute Gasteiger partial charge is 0 e. The molecule has 0 saturated heterocycles. The van der Waals surface area contributed by atoms with Gasteiger partial charge in [-0.2, -0.15) is 0 Å². The van der Waals surface area contributed by atoms with E-state index >= 15 is 0 Å². The van der Waals surface area contributed by atoms with Crippen LogP contribution in [0.15, 0.2) is 0 Å². The van der Waals surface area contributed by atoms with Gasteiger partial charge in [0.1, 0.15) is 0 Å². The van der Waals surface area contributed by atoms with Crippen LogP contribution in [-0.2, 0) is 0 Å². The molecule has 4 heteroatoms. The molecule has 0 unspecified atom stereocenters. The third-order valence-corrected chi connectivity index (χ3v) is 0. The Kier molecular flexibility index (Phi) is 91.1. The van der Waals surface area contributed by atoms with Gasteiger partial charge in [-0.15, -0.1) is 0 Å². The van der Waals surface area contributed by atoms with Crippen LogP contribution >= 0.6 is 0 Å². The summed E-state index contributed by atoms with van der Waals surface area (Å²) in [5, 5.41) is 0. The first-order valence-electron chi connectivity index (χ1n) is 0. The van der Waals surface area contributed by atoms with Crippen molar-refractivity contribution in [1.82, 2.24) is 0 Å². The smallest absolute Gasteiger partial charge is 0 e. The number of rotatable bonds is 0. The molecule has 4 heavy (non-hydrogen) atoms. The van der Waals surface area contributed by atoms with Gasteiger partial charge in [-0.05, 0) is 0 Å². The topological polar surface area (TPSA) is 0 Å². The molecule has 0 spiro atoms. The van der Waals surface area contributed by atoms with E-state index in [0.29, 0.717) is 0 Å². The predicted molar refractivity (Wildman–Crippen MR) is 23.0 cm³/mol. The van der Waals surface area contributed by atoms with E-state index in [1.807, 2.05) is 0 Å². The van der Waals surface area contributed by atoms with Crippen LogP contribution in [-0.4, -0.2) is 208 Å². The van der Waals surface area contributed by atoms with Crippen LogP contribution < -0.4 is 0 Å². The summed E-state index contributed by atoms with van der Waals surface area (Å²) in [6.45, 7) is 0. The maximum Gasteiger partial charge on any atom is 0 e. The molecule has 4 valence electrons. The van der Waals surface area contributed by atoms with Crippen molar-refractivity contribution in [2.75, 3.05) is 0 Å². The fourth-order valence-electron chi connectivity index (χ4n) is 0. The fraction of sp³-hybridized carbons (Fsp3) is 0. The Bertz CT molecular complexity index is 8.00. The average molecular weight is 280 g/mol. The molecule has 0 aromatic heterocycles. The van der Waals surface area contributed by atoms with Gasteiger partial charge in [0.05, 0.1) is 0 Å². The summed E-state index contributed by atoms with van der Waals surface area (Å²) in [7, 11) is 0. The molecule has 0 aliphatic carbocycles. The minimum absolute atomic E-state index is 0. The quantitative estimate of drug-likeness (QED) is 0.473. The Balaban J connectivity index is 0. The summed E-state index contributed by atoms with van der Waals surface area (Å²) in [6.07, 6.45) is 0. The van der Waals surface area contributed by atoms with Gasteiger partial charge in [0.2, 0.25) is 0 Å². The normalized spacial score (nSPS) is 0. The molecule has 0 aromatic rings. The van der Waals surface area contributed by atoms with E-state index in [0.717, 1.165) is 0 Å². The standard InChI is InChI=1S/Cs.K.Na.Rb. The zero-order valence-electron chi connectivity index (χ0n) is 4.00. The van der Waals surface area contributed by atoms with E-state index in [-0.39, 0.29) is 208 Å². The second kappa shape index (κ2) is 16.2. The maximum atomic E-state index is 0. The van der Waals surface area contributed by atoms with Crippen molar-refractivity contribution in [3.63, 3.8) is 0 Å².